The Morgan fingerprint density at radius 1 is 1.00 bits per heavy atom. The van der Waals surface area contributed by atoms with E-state index in [4.69, 9.17) is 4.42 Å². The lowest BCUT2D eigenvalue weighted by Gasteiger charge is -2.21. The highest BCUT2D eigenvalue weighted by molar-refractivity contribution is 6.05. The molecule has 3 aromatic rings. The van der Waals surface area contributed by atoms with Gasteiger partial charge in [-0.05, 0) is 56.3 Å². The number of nitrogens with one attached hydrogen (secondary N) is 2. The number of hydrogen-bond acceptors (Lipinski definition) is 5. The van der Waals surface area contributed by atoms with Gasteiger partial charge in [0, 0.05) is 36.9 Å². The molecule has 2 N–H and O–H groups in total. The zero-order chi connectivity index (χ0) is 20.6. The van der Waals surface area contributed by atoms with Crippen LogP contribution in [0.1, 0.15) is 40.3 Å². The van der Waals surface area contributed by atoms with Crippen molar-refractivity contribution in [2.45, 2.75) is 20.4 Å². The lowest BCUT2D eigenvalue weighted by atomic mass is 10.1. The number of benzene rings is 1. The van der Waals surface area contributed by atoms with Gasteiger partial charge in [-0.2, -0.15) is 0 Å². The lowest BCUT2D eigenvalue weighted by Crippen LogP contribution is -2.23. The Hall–Kier alpha value is -3.61. The second-order valence-corrected chi connectivity index (χ2v) is 6.40. The molecule has 0 fully saturated rings. The maximum Gasteiger partial charge on any atom is 0.257 e. The highest BCUT2D eigenvalue weighted by Gasteiger charge is 2.12. The predicted octanol–water partition coefficient (Wildman–Crippen LogP) is 3.70. The molecule has 3 rings (SSSR count). The number of nitrogens with zero attached hydrogens (tertiary/aromatic N) is 2. The number of carbonyl (C=O) groups is 2. The first-order valence-electron chi connectivity index (χ1n) is 9.52. The summed E-state index contributed by atoms with van der Waals surface area (Å²) in [4.78, 5) is 31.1. The molecule has 0 aliphatic heterocycles. The van der Waals surface area contributed by atoms with Crippen LogP contribution in [-0.2, 0) is 6.54 Å². The Labute approximate surface area is 169 Å². The molecule has 2 amide bonds. The van der Waals surface area contributed by atoms with Crippen LogP contribution in [0.4, 0.5) is 11.4 Å². The molecule has 0 spiro atoms. The van der Waals surface area contributed by atoms with Crippen molar-refractivity contribution < 1.29 is 14.0 Å². The Bertz CT molecular complexity index is 948. The van der Waals surface area contributed by atoms with Crippen LogP contribution in [0.2, 0.25) is 0 Å². The smallest absolute Gasteiger partial charge is 0.257 e. The standard InChI is InChI=1S/C22H24N4O3/c1-3-26(4-2)19-9-7-18(8-10-19)25-22(28)17-12-16(13-23-14-17)21(27)24-15-20-6-5-11-29-20/h5-14H,3-4,15H2,1-2H3,(H,24,27)(H,25,28). The molecule has 0 aliphatic carbocycles. The summed E-state index contributed by atoms with van der Waals surface area (Å²) in [6, 6.07) is 12.7. The quantitative estimate of drug-likeness (QED) is 0.610. The summed E-state index contributed by atoms with van der Waals surface area (Å²) in [6.07, 6.45) is 4.40. The first kappa shape index (κ1) is 20.1. The van der Waals surface area contributed by atoms with Crippen molar-refractivity contribution in [3.8, 4) is 0 Å². The van der Waals surface area contributed by atoms with Crippen LogP contribution in [0.5, 0.6) is 0 Å². The van der Waals surface area contributed by atoms with E-state index in [2.05, 4.69) is 34.4 Å². The summed E-state index contributed by atoms with van der Waals surface area (Å²) in [7, 11) is 0. The monoisotopic (exact) mass is 392 g/mol. The summed E-state index contributed by atoms with van der Waals surface area (Å²) in [5, 5.41) is 5.57. The topological polar surface area (TPSA) is 87.5 Å². The van der Waals surface area contributed by atoms with Gasteiger partial charge in [0.1, 0.15) is 5.76 Å². The summed E-state index contributed by atoms with van der Waals surface area (Å²) < 4.78 is 5.19. The van der Waals surface area contributed by atoms with E-state index in [1.165, 1.54) is 18.5 Å². The molecule has 2 aromatic heterocycles. The third-order valence-electron chi connectivity index (χ3n) is 4.52. The van der Waals surface area contributed by atoms with Gasteiger partial charge >= 0.3 is 0 Å². The van der Waals surface area contributed by atoms with Crippen LogP contribution >= 0.6 is 0 Å². The van der Waals surface area contributed by atoms with Crippen molar-refractivity contribution in [1.82, 2.24) is 10.3 Å². The molecule has 0 saturated heterocycles. The summed E-state index contributed by atoms with van der Waals surface area (Å²) in [5.74, 6) is -0.00531. The van der Waals surface area contributed by atoms with Gasteiger partial charge in [0.25, 0.3) is 11.8 Å². The molecule has 7 nitrogen and oxygen atoms in total. The van der Waals surface area contributed by atoms with Gasteiger partial charge in [-0.25, -0.2) is 0 Å². The van der Waals surface area contributed by atoms with Crippen LogP contribution in [0.3, 0.4) is 0 Å². The first-order valence-corrected chi connectivity index (χ1v) is 9.52. The highest BCUT2D eigenvalue weighted by Crippen LogP contribution is 2.18. The normalized spacial score (nSPS) is 10.4. The predicted molar refractivity (Wildman–Crippen MR) is 112 cm³/mol. The Balaban J connectivity index is 1.63. The molecule has 7 heteroatoms. The molecule has 0 radical (unpaired) electrons. The summed E-state index contributed by atoms with van der Waals surface area (Å²) in [6.45, 7) is 6.31. The molecule has 1 aromatic carbocycles. The molecule has 29 heavy (non-hydrogen) atoms. The zero-order valence-electron chi connectivity index (χ0n) is 16.5. The van der Waals surface area contributed by atoms with Crippen molar-refractivity contribution in [1.29, 1.82) is 0 Å². The molecule has 0 saturated carbocycles. The van der Waals surface area contributed by atoms with Gasteiger partial charge < -0.3 is 20.0 Å². The fourth-order valence-electron chi connectivity index (χ4n) is 2.92. The molecule has 0 bridgehead atoms. The van der Waals surface area contributed by atoms with Gasteiger partial charge in [0.15, 0.2) is 0 Å². The van der Waals surface area contributed by atoms with Crippen LogP contribution in [0, 0.1) is 0 Å². The van der Waals surface area contributed by atoms with Gasteiger partial charge in [0.05, 0.1) is 23.9 Å². The van der Waals surface area contributed by atoms with Gasteiger partial charge in [0.2, 0.25) is 0 Å². The van der Waals surface area contributed by atoms with Gasteiger partial charge in [-0.15, -0.1) is 0 Å². The number of rotatable bonds is 8. The minimum absolute atomic E-state index is 0.265. The van der Waals surface area contributed by atoms with Crippen molar-refractivity contribution in [2.24, 2.45) is 0 Å². The van der Waals surface area contributed by atoms with Gasteiger partial charge in [-0.1, -0.05) is 0 Å². The lowest BCUT2D eigenvalue weighted by molar-refractivity contribution is 0.0947. The third kappa shape index (κ3) is 5.22. The van der Waals surface area contributed by atoms with Crippen molar-refractivity contribution in [3.05, 3.63) is 78.0 Å². The van der Waals surface area contributed by atoms with Crippen molar-refractivity contribution in [3.63, 3.8) is 0 Å². The van der Waals surface area contributed by atoms with E-state index in [9.17, 15) is 9.59 Å². The minimum atomic E-state index is -0.327. The van der Waals surface area contributed by atoms with Crippen LogP contribution in [-0.4, -0.2) is 29.9 Å². The number of furan rings is 1. The Morgan fingerprint density at radius 3 is 2.31 bits per heavy atom. The minimum Gasteiger partial charge on any atom is -0.467 e. The number of hydrogen-bond donors (Lipinski definition) is 2. The average Bonchev–Trinajstić information content (AvgIpc) is 3.28. The number of pyridine rings is 1. The molecule has 2 heterocycles. The molecular formula is C22H24N4O3. The van der Waals surface area contributed by atoms with E-state index < -0.39 is 0 Å². The first-order chi connectivity index (χ1) is 14.1. The zero-order valence-corrected chi connectivity index (χ0v) is 16.5. The maximum absolute atomic E-state index is 12.6. The molecule has 0 aliphatic rings. The number of amides is 2. The Morgan fingerprint density at radius 2 is 1.69 bits per heavy atom. The van der Waals surface area contributed by atoms with E-state index in [0.29, 0.717) is 22.6 Å². The molecule has 0 atom stereocenters. The number of anilines is 2. The number of aromatic nitrogens is 1. The highest BCUT2D eigenvalue weighted by atomic mass is 16.3. The van der Waals surface area contributed by atoms with Crippen molar-refractivity contribution in [2.75, 3.05) is 23.3 Å². The fourth-order valence-corrected chi connectivity index (χ4v) is 2.92. The molecular weight excluding hydrogens is 368 g/mol. The SMILES string of the molecule is CCN(CC)c1ccc(NC(=O)c2cncc(C(=O)NCc3ccco3)c2)cc1. The Kier molecular flexibility index (Phi) is 6.63. The van der Waals surface area contributed by atoms with E-state index in [0.717, 1.165) is 18.8 Å². The van der Waals surface area contributed by atoms with E-state index >= 15 is 0 Å². The molecule has 0 unspecified atom stereocenters. The second-order valence-electron chi connectivity index (χ2n) is 6.40. The van der Waals surface area contributed by atoms with Crippen LogP contribution < -0.4 is 15.5 Å². The van der Waals surface area contributed by atoms with Crippen molar-refractivity contribution >= 4 is 23.2 Å². The van der Waals surface area contributed by atoms with Gasteiger partial charge in [-0.3, -0.25) is 14.6 Å². The largest absolute Gasteiger partial charge is 0.467 e. The van der Waals surface area contributed by atoms with E-state index in [1.54, 1.807) is 18.4 Å². The van der Waals surface area contributed by atoms with E-state index in [1.807, 2.05) is 24.3 Å². The maximum atomic E-state index is 12.6. The number of carbonyl (C=O) groups excluding carboxylic acids is 2. The molecule has 150 valence electrons. The second kappa shape index (κ2) is 9.54. The summed E-state index contributed by atoms with van der Waals surface area (Å²) in [5.41, 5.74) is 2.40. The van der Waals surface area contributed by atoms with Crippen LogP contribution in [0.25, 0.3) is 0 Å². The third-order valence-corrected chi connectivity index (χ3v) is 4.52. The fraction of sp³-hybridized carbons (Fsp3) is 0.227. The summed E-state index contributed by atoms with van der Waals surface area (Å²) >= 11 is 0. The van der Waals surface area contributed by atoms with Crippen LogP contribution in [0.15, 0.2) is 65.5 Å². The van der Waals surface area contributed by atoms with E-state index in [-0.39, 0.29) is 18.4 Å². The average molecular weight is 392 g/mol.